The van der Waals surface area contributed by atoms with Crippen LogP contribution in [0.1, 0.15) is 22.8 Å². The van der Waals surface area contributed by atoms with Gasteiger partial charge in [-0.3, -0.25) is 9.36 Å². The summed E-state index contributed by atoms with van der Waals surface area (Å²) in [5.74, 6) is 0.0399. The molecule has 1 amide bonds. The second-order valence-corrected chi connectivity index (χ2v) is 8.12. The maximum atomic E-state index is 12.6. The quantitative estimate of drug-likeness (QED) is 0.269. The Morgan fingerprint density at radius 3 is 2.75 bits per heavy atom. The number of hydrogen-bond acceptors (Lipinski definition) is 6. The first-order valence-corrected chi connectivity index (χ1v) is 11.3. The van der Waals surface area contributed by atoms with Crippen LogP contribution in [0, 0.1) is 6.92 Å². The normalized spacial score (nSPS) is 10.6. The number of aromatic nitrogens is 3. The molecule has 32 heavy (non-hydrogen) atoms. The van der Waals surface area contributed by atoms with E-state index in [9.17, 15) is 9.59 Å². The Balaban J connectivity index is 1.73. The molecule has 1 heterocycles. The largest absolute Gasteiger partial charge is 0.462 e. The molecule has 3 aromatic rings. The second kappa shape index (κ2) is 11.0. The number of aryl methyl sites for hydroxylation is 1. The Labute approximate surface area is 195 Å². The van der Waals surface area contributed by atoms with Crippen LogP contribution in [0.3, 0.4) is 0 Å². The molecule has 0 saturated carbocycles. The lowest BCUT2D eigenvalue weighted by molar-refractivity contribution is -0.113. The molecule has 0 unspecified atom stereocenters. The third-order valence-corrected chi connectivity index (χ3v) is 5.79. The molecule has 2 aromatic carbocycles. The van der Waals surface area contributed by atoms with Gasteiger partial charge < -0.3 is 10.1 Å². The highest BCUT2D eigenvalue weighted by Crippen LogP contribution is 2.27. The SMILES string of the molecule is C=CCn1c(SCC(=O)Nc2cc(C(=O)OCC)ccc2Cl)nnc1-c1ccccc1C. The van der Waals surface area contributed by atoms with Gasteiger partial charge >= 0.3 is 5.97 Å². The summed E-state index contributed by atoms with van der Waals surface area (Å²) in [7, 11) is 0. The summed E-state index contributed by atoms with van der Waals surface area (Å²) in [5.41, 5.74) is 2.71. The van der Waals surface area contributed by atoms with Crippen molar-refractivity contribution in [2.24, 2.45) is 0 Å². The molecule has 0 fully saturated rings. The highest BCUT2D eigenvalue weighted by atomic mass is 35.5. The van der Waals surface area contributed by atoms with Crippen molar-refractivity contribution < 1.29 is 14.3 Å². The van der Waals surface area contributed by atoms with Crippen LogP contribution in [0.5, 0.6) is 0 Å². The summed E-state index contributed by atoms with van der Waals surface area (Å²) >= 11 is 7.44. The summed E-state index contributed by atoms with van der Waals surface area (Å²) in [6.45, 7) is 8.32. The zero-order valence-corrected chi connectivity index (χ0v) is 19.4. The zero-order chi connectivity index (χ0) is 23.1. The maximum Gasteiger partial charge on any atom is 0.338 e. The molecule has 0 aliphatic rings. The monoisotopic (exact) mass is 470 g/mol. The van der Waals surface area contributed by atoms with E-state index < -0.39 is 5.97 Å². The van der Waals surface area contributed by atoms with Crippen molar-refractivity contribution in [3.8, 4) is 11.4 Å². The minimum absolute atomic E-state index is 0.0863. The lowest BCUT2D eigenvalue weighted by Gasteiger charge is -2.11. The molecule has 0 bridgehead atoms. The average molecular weight is 471 g/mol. The molecule has 0 aliphatic heterocycles. The number of ether oxygens (including phenoxy) is 1. The molecule has 1 N–H and O–H groups in total. The number of amides is 1. The van der Waals surface area contributed by atoms with Gasteiger partial charge in [-0.2, -0.15) is 0 Å². The van der Waals surface area contributed by atoms with Crippen molar-refractivity contribution in [3.63, 3.8) is 0 Å². The van der Waals surface area contributed by atoms with E-state index in [-0.39, 0.29) is 18.3 Å². The van der Waals surface area contributed by atoms with E-state index in [2.05, 4.69) is 22.1 Å². The molecule has 0 radical (unpaired) electrons. The molecular weight excluding hydrogens is 448 g/mol. The summed E-state index contributed by atoms with van der Waals surface area (Å²) in [6.07, 6.45) is 1.76. The van der Waals surface area contributed by atoms with Gasteiger partial charge in [0.05, 0.1) is 28.6 Å². The van der Waals surface area contributed by atoms with Crippen LogP contribution in [0.2, 0.25) is 5.02 Å². The summed E-state index contributed by atoms with van der Waals surface area (Å²) < 4.78 is 6.91. The third kappa shape index (κ3) is 5.57. The zero-order valence-electron chi connectivity index (χ0n) is 17.8. The predicted molar refractivity (Wildman–Crippen MR) is 127 cm³/mol. The van der Waals surface area contributed by atoms with Gasteiger partial charge in [-0.25, -0.2) is 4.79 Å². The fourth-order valence-corrected chi connectivity index (χ4v) is 3.90. The van der Waals surface area contributed by atoms with Crippen molar-refractivity contribution in [3.05, 3.63) is 71.3 Å². The number of thioether (sulfide) groups is 1. The summed E-state index contributed by atoms with van der Waals surface area (Å²) in [4.78, 5) is 24.5. The van der Waals surface area contributed by atoms with Crippen LogP contribution in [0.15, 0.2) is 60.3 Å². The van der Waals surface area contributed by atoms with Crippen molar-refractivity contribution in [2.75, 3.05) is 17.7 Å². The van der Waals surface area contributed by atoms with Crippen LogP contribution < -0.4 is 5.32 Å². The Hall–Kier alpha value is -3.10. The van der Waals surface area contributed by atoms with Crippen LogP contribution in [0.4, 0.5) is 5.69 Å². The van der Waals surface area contributed by atoms with Crippen molar-refractivity contribution in [2.45, 2.75) is 25.5 Å². The lowest BCUT2D eigenvalue weighted by Crippen LogP contribution is -2.16. The average Bonchev–Trinajstić information content (AvgIpc) is 3.17. The fourth-order valence-electron chi connectivity index (χ4n) is 2.99. The standard InChI is InChI=1S/C23H23ClN4O3S/c1-4-12-28-21(17-9-7-6-8-15(17)3)26-27-23(28)32-14-20(29)25-19-13-16(10-11-18(19)24)22(30)31-5-2/h4,6-11,13H,1,5,12,14H2,2-3H3,(H,25,29). The Kier molecular flexibility index (Phi) is 8.08. The van der Waals surface area contributed by atoms with Crippen LogP contribution in [0.25, 0.3) is 11.4 Å². The highest BCUT2D eigenvalue weighted by molar-refractivity contribution is 7.99. The number of carbonyl (C=O) groups is 2. The van der Waals surface area contributed by atoms with E-state index in [4.69, 9.17) is 16.3 Å². The van der Waals surface area contributed by atoms with Crippen molar-refractivity contribution >= 4 is 40.9 Å². The number of esters is 1. The van der Waals surface area contributed by atoms with Gasteiger partial charge in [-0.05, 0) is 37.6 Å². The molecule has 9 heteroatoms. The number of anilines is 1. The number of hydrogen-bond donors (Lipinski definition) is 1. The molecule has 7 nitrogen and oxygen atoms in total. The summed E-state index contributed by atoms with van der Waals surface area (Å²) in [5, 5.41) is 12.3. The number of nitrogens with one attached hydrogen (secondary N) is 1. The van der Waals surface area contributed by atoms with Gasteiger partial charge in [0.2, 0.25) is 5.91 Å². The number of rotatable bonds is 9. The topological polar surface area (TPSA) is 86.1 Å². The van der Waals surface area contributed by atoms with Crippen molar-refractivity contribution in [1.82, 2.24) is 14.8 Å². The molecule has 0 spiro atoms. The van der Waals surface area contributed by atoms with Crippen LogP contribution in [-0.2, 0) is 16.1 Å². The number of carbonyl (C=O) groups excluding carboxylic acids is 2. The Bertz CT molecular complexity index is 1150. The molecule has 0 saturated heterocycles. The van der Waals surface area contributed by atoms with E-state index in [0.717, 1.165) is 17.0 Å². The highest BCUT2D eigenvalue weighted by Gasteiger charge is 2.17. The van der Waals surface area contributed by atoms with E-state index in [1.54, 1.807) is 25.1 Å². The van der Waals surface area contributed by atoms with E-state index >= 15 is 0 Å². The Morgan fingerprint density at radius 1 is 1.25 bits per heavy atom. The molecule has 0 atom stereocenters. The second-order valence-electron chi connectivity index (χ2n) is 6.77. The number of benzene rings is 2. The minimum Gasteiger partial charge on any atom is -0.462 e. The predicted octanol–water partition coefficient (Wildman–Crippen LogP) is 5.00. The molecule has 1 aromatic heterocycles. The van der Waals surface area contributed by atoms with E-state index in [1.807, 2.05) is 35.8 Å². The molecule has 166 valence electrons. The van der Waals surface area contributed by atoms with Gasteiger partial charge in [-0.1, -0.05) is 53.7 Å². The van der Waals surface area contributed by atoms with Gasteiger partial charge in [0.25, 0.3) is 0 Å². The van der Waals surface area contributed by atoms with Crippen molar-refractivity contribution in [1.29, 1.82) is 0 Å². The van der Waals surface area contributed by atoms with Crippen LogP contribution >= 0.6 is 23.4 Å². The minimum atomic E-state index is -0.477. The van der Waals surface area contributed by atoms with E-state index in [1.165, 1.54) is 17.8 Å². The van der Waals surface area contributed by atoms with Gasteiger partial charge in [0, 0.05) is 12.1 Å². The summed E-state index contributed by atoms with van der Waals surface area (Å²) in [6, 6.07) is 12.5. The smallest absolute Gasteiger partial charge is 0.338 e. The van der Waals surface area contributed by atoms with E-state index in [0.29, 0.717) is 28.0 Å². The van der Waals surface area contributed by atoms with Gasteiger partial charge in [0.1, 0.15) is 0 Å². The first-order chi connectivity index (χ1) is 15.4. The Morgan fingerprint density at radius 2 is 2.03 bits per heavy atom. The van der Waals surface area contributed by atoms with Gasteiger partial charge in [0.15, 0.2) is 11.0 Å². The molecule has 3 rings (SSSR count). The fraction of sp³-hybridized carbons (Fsp3) is 0.217. The first kappa shape index (κ1) is 23.6. The lowest BCUT2D eigenvalue weighted by atomic mass is 10.1. The molecule has 0 aliphatic carbocycles. The van der Waals surface area contributed by atoms with Gasteiger partial charge in [-0.15, -0.1) is 16.8 Å². The first-order valence-electron chi connectivity index (χ1n) is 9.94. The number of nitrogens with zero attached hydrogens (tertiary/aromatic N) is 3. The number of halogens is 1. The molecular formula is C23H23ClN4O3S. The van der Waals surface area contributed by atoms with Crippen LogP contribution in [-0.4, -0.2) is 39.0 Å². The maximum absolute atomic E-state index is 12.6. The number of allylic oxidation sites excluding steroid dienone is 1. The third-order valence-electron chi connectivity index (χ3n) is 4.50.